The van der Waals surface area contributed by atoms with E-state index < -0.39 is 29.5 Å². The van der Waals surface area contributed by atoms with E-state index >= 15 is 0 Å². The molecule has 1 fully saturated rings. The van der Waals surface area contributed by atoms with Crippen LogP contribution in [0.2, 0.25) is 0 Å². The molecule has 2 rings (SSSR count). The fourth-order valence-electron chi connectivity index (χ4n) is 2.42. The second-order valence-electron chi connectivity index (χ2n) is 4.49. The summed E-state index contributed by atoms with van der Waals surface area (Å²) >= 11 is 3.16. The number of imidazole rings is 1. The molecule has 108 valence electrons. The van der Waals surface area contributed by atoms with Crippen LogP contribution in [0.25, 0.3) is 0 Å². The first-order valence-corrected chi connectivity index (χ1v) is 6.37. The first kappa shape index (κ1) is 14.3. The molecule has 1 saturated heterocycles. The standard InChI is InChI=1S/C10H12BrN5O4/c11-8-14-1-2-16(8)10(7(13)18)3-5(6(12)17)15(4-10)9(19)20/h1-2,5H,3-4H2,(H2,12,17)(H2,13,18)(H,19,20)/t5-,10+/m0/s1. The minimum Gasteiger partial charge on any atom is -0.465 e. The fourth-order valence-corrected chi connectivity index (χ4v) is 2.99. The third-order valence-corrected chi connectivity index (χ3v) is 4.02. The third-order valence-electron chi connectivity index (χ3n) is 3.43. The number of halogens is 1. The third kappa shape index (κ3) is 2.01. The Hall–Kier alpha value is -2.10. The molecule has 1 aliphatic heterocycles. The van der Waals surface area contributed by atoms with Gasteiger partial charge < -0.3 is 21.1 Å². The number of likely N-dealkylation sites (tertiary alicyclic amines) is 1. The Morgan fingerprint density at radius 2 is 2.10 bits per heavy atom. The van der Waals surface area contributed by atoms with E-state index in [1.807, 2.05) is 0 Å². The molecule has 1 aromatic heterocycles. The highest BCUT2D eigenvalue weighted by Gasteiger charge is 2.53. The number of carbonyl (C=O) groups excluding carboxylic acids is 2. The molecular weight excluding hydrogens is 334 g/mol. The van der Waals surface area contributed by atoms with Gasteiger partial charge in [0.05, 0.1) is 6.54 Å². The largest absolute Gasteiger partial charge is 0.465 e. The molecular formula is C10H12BrN5O4. The lowest BCUT2D eigenvalue weighted by molar-refractivity contribution is -0.126. The van der Waals surface area contributed by atoms with Crippen molar-refractivity contribution in [1.82, 2.24) is 14.5 Å². The fraction of sp³-hybridized carbons (Fsp3) is 0.400. The number of primary amides is 2. The summed E-state index contributed by atoms with van der Waals surface area (Å²) < 4.78 is 1.72. The zero-order valence-corrected chi connectivity index (χ0v) is 11.8. The summed E-state index contributed by atoms with van der Waals surface area (Å²) in [4.78, 5) is 39.2. The van der Waals surface area contributed by atoms with Crippen LogP contribution in [0.15, 0.2) is 17.1 Å². The topological polar surface area (TPSA) is 145 Å². The van der Waals surface area contributed by atoms with Gasteiger partial charge in [-0.1, -0.05) is 0 Å². The highest BCUT2D eigenvalue weighted by Crippen LogP contribution is 2.35. The molecule has 2 heterocycles. The Bertz CT molecular complexity index is 564. The molecule has 0 spiro atoms. The molecule has 0 radical (unpaired) electrons. The van der Waals surface area contributed by atoms with Crippen molar-refractivity contribution in [3.8, 4) is 0 Å². The van der Waals surface area contributed by atoms with Gasteiger partial charge in [-0.05, 0) is 15.9 Å². The molecule has 1 aromatic rings. The first-order valence-electron chi connectivity index (χ1n) is 5.57. The first-order chi connectivity index (χ1) is 9.29. The molecule has 3 amide bonds. The van der Waals surface area contributed by atoms with Crippen molar-refractivity contribution in [2.24, 2.45) is 11.5 Å². The Morgan fingerprint density at radius 1 is 1.45 bits per heavy atom. The molecule has 0 aliphatic carbocycles. The van der Waals surface area contributed by atoms with Crippen LogP contribution in [0, 0.1) is 0 Å². The Morgan fingerprint density at radius 3 is 2.45 bits per heavy atom. The predicted molar refractivity (Wildman–Crippen MR) is 69.4 cm³/mol. The Balaban J connectivity index is 2.52. The van der Waals surface area contributed by atoms with Crippen molar-refractivity contribution in [2.75, 3.05) is 6.54 Å². The second kappa shape index (κ2) is 4.78. The van der Waals surface area contributed by atoms with E-state index in [1.165, 1.54) is 17.0 Å². The van der Waals surface area contributed by atoms with Gasteiger partial charge in [-0.15, -0.1) is 0 Å². The normalized spacial score (nSPS) is 25.6. The SMILES string of the molecule is NC(=O)[C@@H]1C[C@@](C(N)=O)(n2ccnc2Br)CN1C(=O)O. The predicted octanol–water partition coefficient (Wildman–Crippen LogP) is -0.936. The number of rotatable bonds is 3. The quantitative estimate of drug-likeness (QED) is 0.647. The van der Waals surface area contributed by atoms with Crippen molar-refractivity contribution in [2.45, 2.75) is 18.0 Å². The zero-order chi connectivity index (χ0) is 15.1. The summed E-state index contributed by atoms with van der Waals surface area (Å²) in [6, 6.07) is -1.12. The van der Waals surface area contributed by atoms with Gasteiger partial charge in [0.25, 0.3) is 0 Å². The highest BCUT2D eigenvalue weighted by atomic mass is 79.9. The lowest BCUT2D eigenvalue weighted by atomic mass is 9.94. The number of hydrogen-bond acceptors (Lipinski definition) is 4. The molecule has 0 aromatic carbocycles. The van der Waals surface area contributed by atoms with Crippen molar-refractivity contribution < 1.29 is 19.5 Å². The average molecular weight is 346 g/mol. The van der Waals surface area contributed by atoms with Gasteiger partial charge >= 0.3 is 6.09 Å². The van der Waals surface area contributed by atoms with E-state index in [0.29, 0.717) is 4.73 Å². The van der Waals surface area contributed by atoms with Gasteiger partial charge in [0.15, 0.2) is 4.73 Å². The molecule has 0 bridgehead atoms. The van der Waals surface area contributed by atoms with Crippen molar-refractivity contribution in [3.63, 3.8) is 0 Å². The summed E-state index contributed by atoms with van der Waals surface area (Å²) in [5.74, 6) is -1.59. The van der Waals surface area contributed by atoms with Gasteiger partial charge in [0.1, 0.15) is 11.6 Å². The van der Waals surface area contributed by atoms with Crippen LogP contribution >= 0.6 is 15.9 Å². The van der Waals surface area contributed by atoms with Gasteiger partial charge in [-0.25, -0.2) is 9.78 Å². The molecule has 9 nitrogen and oxygen atoms in total. The maximum Gasteiger partial charge on any atom is 0.408 e. The smallest absolute Gasteiger partial charge is 0.408 e. The van der Waals surface area contributed by atoms with Gasteiger partial charge in [-0.3, -0.25) is 14.5 Å². The molecule has 0 unspecified atom stereocenters. The van der Waals surface area contributed by atoms with Crippen LogP contribution in [0.1, 0.15) is 6.42 Å². The van der Waals surface area contributed by atoms with Gasteiger partial charge in [0, 0.05) is 18.8 Å². The van der Waals surface area contributed by atoms with E-state index in [1.54, 1.807) is 0 Å². The van der Waals surface area contributed by atoms with Crippen molar-refractivity contribution in [3.05, 3.63) is 17.1 Å². The minimum atomic E-state index is -1.40. The molecule has 20 heavy (non-hydrogen) atoms. The number of nitrogens with two attached hydrogens (primary N) is 2. The van der Waals surface area contributed by atoms with E-state index in [4.69, 9.17) is 16.6 Å². The van der Waals surface area contributed by atoms with Gasteiger partial charge in [0.2, 0.25) is 11.8 Å². The number of aromatic nitrogens is 2. The number of carbonyl (C=O) groups is 3. The Labute approximate surface area is 121 Å². The lowest BCUT2D eigenvalue weighted by Crippen LogP contribution is -2.48. The monoisotopic (exact) mass is 345 g/mol. The molecule has 10 heteroatoms. The number of amides is 3. The van der Waals surface area contributed by atoms with Crippen LogP contribution < -0.4 is 11.5 Å². The zero-order valence-electron chi connectivity index (χ0n) is 10.2. The van der Waals surface area contributed by atoms with E-state index in [0.717, 1.165) is 4.90 Å². The van der Waals surface area contributed by atoms with Crippen molar-refractivity contribution in [1.29, 1.82) is 0 Å². The van der Waals surface area contributed by atoms with Crippen LogP contribution in [0.5, 0.6) is 0 Å². The number of hydrogen-bond donors (Lipinski definition) is 3. The Kier molecular flexibility index (Phi) is 3.42. The van der Waals surface area contributed by atoms with Crippen LogP contribution in [-0.2, 0) is 15.1 Å². The maximum atomic E-state index is 11.9. The summed E-state index contributed by atoms with van der Waals surface area (Å²) in [5, 5.41) is 9.14. The van der Waals surface area contributed by atoms with E-state index in [2.05, 4.69) is 20.9 Å². The van der Waals surface area contributed by atoms with Gasteiger partial charge in [-0.2, -0.15) is 0 Å². The summed E-state index contributed by atoms with van der Waals surface area (Å²) in [7, 11) is 0. The second-order valence-corrected chi connectivity index (χ2v) is 5.20. The molecule has 1 aliphatic rings. The summed E-state index contributed by atoms with van der Waals surface area (Å²) in [5.41, 5.74) is 9.25. The summed E-state index contributed by atoms with van der Waals surface area (Å²) in [6.07, 6.45) is 1.45. The number of carboxylic acid groups (broad SMARTS) is 1. The minimum absolute atomic E-state index is 0.126. The molecule has 2 atom stereocenters. The van der Waals surface area contributed by atoms with Crippen LogP contribution in [-0.4, -0.2) is 50.1 Å². The molecule has 5 N–H and O–H groups in total. The average Bonchev–Trinajstić information content (AvgIpc) is 2.93. The molecule has 0 saturated carbocycles. The van der Waals surface area contributed by atoms with Crippen molar-refractivity contribution >= 4 is 33.8 Å². The highest BCUT2D eigenvalue weighted by molar-refractivity contribution is 9.10. The van der Waals surface area contributed by atoms with Crippen LogP contribution in [0.3, 0.4) is 0 Å². The number of nitrogens with zero attached hydrogens (tertiary/aromatic N) is 3. The van der Waals surface area contributed by atoms with E-state index in [9.17, 15) is 14.4 Å². The maximum absolute atomic E-state index is 11.9. The summed E-state index contributed by atoms with van der Waals surface area (Å²) in [6.45, 7) is -0.264. The lowest BCUT2D eigenvalue weighted by Gasteiger charge is -2.27. The van der Waals surface area contributed by atoms with Crippen LogP contribution in [0.4, 0.5) is 4.79 Å². The van der Waals surface area contributed by atoms with E-state index in [-0.39, 0.29) is 13.0 Å².